The molecule has 1 heterocycles. The largest absolute Gasteiger partial charge is 0.324 e. The molecule has 1 atom stereocenters. The molecule has 1 amide bonds. The van der Waals surface area contributed by atoms with E-state index in [2.05, 4.69) is 22.3 Å². The predicted molar refractivity (Wildman–Crippen MR) is 125 cm³/mol. The van der Waals surface area contributed by atoms with Crippen LogP contribution in [0.25, 0.3) is 0 Å². The Labute approximate surface area is 184 Å². The summed E-state index contributed by atoms with van der Waals surface area (Å²) in [4.78, 5) is 15.1. The summed E-state index contributed by atoms with van der Waals surface area (Å²) in [5.41, 5.74) is 8.08. The van der Waals surface area contributed by atoms with Crippen molar-refractivity contribution in [1.82, 2.24) is 4.90 Å². The molecule has 0 spiro atoms. The Balaban J connectivity index is 0.00000196. The minimum absolute atomic E-state index is 0. The van der Waals surface area contributed by atoms with E-state index < -0.39 is 5.54 Å². The van der Waals surface area contributed by atoms with Crippen molar-refractivity contribution in [2.75, 3.05) is 36.5 Å². The average molecular weight is 442 g/mol. The van der Waals surface area contributed by atoms with Gasteiger partial charge in [-0.25, -0.2) is 0 Å². The summed E-state index contributed by atoms with van der Waals surface area (Å²) in [6.45, 7) is 5.21. The van der Waals surface area contributed by atoms with E-state index in [9.17, 15) is 4.79 Å². The fourth-order valence-corrected chi connectivity index (χ4v) is 4.02. The molecule has 2 aromatic carbocycles. The minimum Gasteiger partial charge on any atom is -0.324 e. The van der Waals surface area contributed by atoms with Crippen molar-refractivity contribution < 1.29 is 4.79 Å². The van der Waals surface area contributed by atoms with E-state index in [-0.39, 0.29) is 30.7 Å². The summed E-state index contributed by atoms with van der Waals surface area (Å²) >= 11 is 2.04. The fourth-order valence-electron chi connectivity index (χ4n) is 3.04. The Kier molecular flexibility index (Phi) is 10.4. The summed E-state index contributed by atoms with van der Waals surface area (Å²) in [5, 5.41) is 2.94. The van der Waals surface area contributed by atoms with E-state index in [1.807, 2.05) is 54.2 Å². The van der Waals surface area contributed by atoms with Gasteiger partial charge in [-0.1, -0.05) is 42.5 Å². The number of hydrogen-bond acceptors (Lipinski definition) is 4. The Morgan fingerprint density at radius 1 is 1.07 bits per heavy atom. The second kappa shape index (κ2) is 11.7. The maximum absolute atomic E-state index is 12.6. The molecule has 0 radical (unpaired) electrons. The van der Waals surface area contributed by atoms with Crippen LogP contribution < -0.4 is 11.1 Å². The number of nitrogens with two attached hydrogens (primary N) is 1. The second-order valence-electron chi connectivity index (χ2n) is 6.92. The van der Waals surface area contributed by atoms with Crippen LogP contribution in [0.5, 0.6) is 0 Å². The first-order valence-corrected chi connectivity index (χ1v) is 10.3. The van der Waals surface area contributed by atoms with E-state index in [0.717, 1.165) is 24.2 Å². The van der Waals surface area contributed by atoms with Crippen molar-refractivity contribution >= 4 is 48.2 Å². The second-order valence-corrected chi connectivity index (χ2v) is 8.15. The summed E-state index contributed by atoms with van der Waals surface area (Å²) in [5.74, 6) is 2.27. The normalized spacial score (nSPS) is 16.2. The van der Waals surface area contributed by atoms with Gasteiger partial charge in [0.25, 0.3) is 0 Å². The maximum Gasteiger partial charge on any atom is 0.248 e. The minimum atomic E-state index is -1.06. The first kappa shape index (κ1) is 24.8. The number of amides is 1. The van der Waals surface area contributed by atoms with Gasteiger partial charge in [-0.3, -0.25) is 4.79 Å². The number of carbonyl (C=O) groups excluding carboxylic acids is 1. The van der Waals surface area contributed by atoms with Crippen LogP contribution >= 0.6 is 36.6 Å². The SMILES string of the molecule is CC(N)(C(=O)Nc1ccc(CCN2CCSCC2)cc1)c1ccccc1.Cl.Cl. The zero-order valence-corrected chi connectivity index (χ0v) is 18.5. The van der Waals surface area contributed by atoms with E-state index in [0.29, 0.717) is 0 Å². The Hall–Kier alpha value is -1.24. The predicted octanol–water partition coefficient (Wildman–Crippen LogP) is 3.93. The van der Waals surface area contributed by atoms with Gasteiger partial charge in [0.15, 0.2) is 0 Å². The molecule has 1 aliphatic heterocycles. The molecule has 4 nitrogen and oxygen atoms in total. The first-order chi connectivity index (χ1) is 12.6. The molecule has 0 aliphatic carbocycles. The van der Waals surface area contributed by atoms with Gasteiger partial charge in [0.2, 0.25) is 5.91 Å². The van der Waals surface area contributed by atoms with E-state index in [4.69, 9.17) is 5.73 Å². The molecule has 0 saturated carbocycles. The molecular weight excluding hydrogens is 413 g/mol. The van der Waals surface area contributed by atoms with Crippen molar-refractivity contribution in [3.05, 3.63) is 65.7 Å². The molecule has 1 aliphatic rings. The van der Waals surface area contributed by atoms with Crippen LogP contribution in [0.2, 0.25) is 0 Å². The Morgan fingerprint density at radius 2 is 1.68 bits per heavy atom. The monoisotopic (exact) mass is 441 g/mol. The number of anilines is 1. The topological polar surface area (TPSA) is 58.4 Å². The average Bonchev–Trinajstić information content (AvgIpc) is 2.69. The molecule has 0 bridgehead atoms. The van der Waals surface area contributed by atoms with E-state index in [1.165, 1.54) is 30.2 Å². The summed E-state index contributed by atoms with van der Waals surface area (Å²) in [6.07, 6.45) is 1.04. The number of rotatable bonds is 6. The molecule has 2 aromatic rings. The van der Waals surface area contributed by atoms with Crippen LogP contribution in [0.15, 0.2) is 54.6 Å². The van der Waals surface area contributed by atoms with Crippen LogP contribution in [-0.2, 0) is 16.8 Å². The lowest BCUT2D eigenvalue weighted by atomic mass is 9.92. The summed E-state index contributed by atoms with van der Waals surface area (Å²) in [7, 11) is 0. The Morgan fingerprint density at radius 3 is 2.29 bits per heavy atom. The standard InChI is InChI=1S/C21H27N3OS.2ClH/c1-21(22,18-5-3-2-4-6-18)20(25)23-19-9-7-17(8-10-19)11-12-24-13-15-26-16-14-24;;/h2-10H,11-16,22H2,1H3,(H,23,25);2*1H. The molecular formula is C21H29Cl2N3OS. The molecule has 7 heteroatoms. The highest BCUT2D eigenvalue weighted by molar-refractivity contribution is 7.99. The van der Waals surface area contributed by atoms with Crippen LogP contribution in [0.3, 0.4) is 0 Å². The smallest absolute Gasteiger partial charge is 0.248 e. The van der Waals surface area contributed by atoms with Crippen LogP contribution in [-0.4, -0.2) is 41.9 Å². The lowest BCUT2D eigenvalue weighted by molar-refractivity contribution is -0.120. The van der Waals surface area contributed by atoms with Crippen LogP contribution in [0, 0.1) is 0 Å². The van der Waals surface area contributed by atoms with Gasteiger partial charge in [-0.2, -0.15) is 11.8 Å². The van der Waals surface area contributed by atoms with Gasteiger partial charge in [0.05, 0.1) is 0 Å². The van der Waals surface area contributed by atoms with Crippen molar-refractivity contribution in [3.8, 4) is 0 Å². The number of halogens is 2. The molecule has 1 unspecified atom stereocenters. The van der Waals surface area contributed by atoms with Gasteiger partial charge in [0.1, 0.15) is 5.54 Å². The zero-order chi connectivity index (χ0) is 18.4. The quantitative estimate of drug-likeness (QED) is 0.712. The van der Waals surface area contributed by atoms with Gasteiger partial charge in [-0.05, 0) is 36.6 Å². The molecule has 0 aromatic heterocycles. The third kappa shape index (κ3) is 6.68. The van der Waals surface area contributed by atoms with Crippen LogP contribution in [0.4, 0.5) is 5.69 Å². The van der Waals surface area contributed by atoms with Gasteiger partial charge < -0.3 is 16.0 Å². The van der Waals surface area contributed by atoms with Crippen molar-refractivity contribution in [2.45, 2.75) is 18.9 Å². The van der Waals surface area contributed by atoms with Crippen molar-refractivity contribution in [2.24, 2.45) is 5.73 Å². The third-order valence-electron chi connectivity index (χ3n) is 4.88. The number of nitrogens with zero attached hydrogens (tertiary/aromatic N) is 1. The first-order valence-electron chi connectivity index (χ1n) is 9.10. The van der Waals surface area contributed by atoms with Gasteiger partial charge in [0, 0.05) is 36.8 Å². The van der Waals surface area contributed by atoms with E-state index in [1.54, 1.807) is 6.92 Å². The van der Waals surface area contributed by atoms with Crippen LogP contribution in [0.1, 0.15) is 18.1 Å². The highest BCUT2D eigenvalue weighted by Crippen LogP contribution is 2.20. The molecule has 1 saturated heterocycles. The number of thioether (sulfide) groups is 1. The van der Waals surface area contributed by atoms with E-state index >= 15 is 0 Å². The summed E-state index contributed by atoms with van der Waals surface area (Å²) in [6, 6.07) is 17.5. The Bertz CT molecular complexity index is 720. The maximum atomic E-state index is 12.6. The molecule has 28 heavy (non-hydrogen) atoms. The molecule has 3 rings (SSSR count). The van der Waals surface area contributed by atoms with Gasteiger partial charge >= 0.3 is 0 Å². The summed E-state index contributed by atoms with van der Waals surface area (Å²) < 4.78 is 0. The van der Waals surface area contributed by atoms with Crippen molar-refractivity contribution in [3.63, 3.8) is 0 Å². The molecule has 1 fully saturated rings. The molecule has 3 N–H and O–H groups in total. The highest BCUT2D eigenvalue weighted by Gasteiger charge is 2.30. The lowest BCUT2D eigenvalue weighted by Crippen LogP contribution is -2.45. The number of nitrogens with one attached hydrogen (secondary N) is 1. The zero-order valence-electron chi connectivity index (χ0n) is 16.1. The third-order valence-corrected chi connectivity index (χ3v) is 5.82. The fraction of sp³-hybridized carbons (Fsp3) is 0.381. The lowest BCUT2D eigenvalue weighted by Gasteiger charge is -2.26. The number of carbonyl (C=O) groups is 1. The van der Waals surface area contributed by atoms with Gasteiger partial charge in [-0.15, -0.1) is 24.8 Å². The highest BCUT2D eigenvalue weighted by atomic mass is 35.5. The number of benzene rings is 2. The van der Waals surface area contributed by atoms with Crippen molar-refractivity contribution in [1.29, 1.82) is 0 Å². The number of hydrogen-bond donors (Lipinski definition) is 2. The molecule has 154 valence electrons.